The van der Waals surface area contributed by atoms with Crippen molar-refractivity contribution in [2.75, 3.05) is 6.79 Å². The fourth-order valence-corrected chi connectivity index (χ4v) is 3.15. The van der Waals surface area contributed by atoms with Crippen LogP contribution in [0.15, 0.2) is 46.9 Å². The molecule has 2 aromatic carbocycles. The standard InChI is InChI=1S/C17H18BrNO2/c1-2-15(13-6-4-3-5-7-13)19-10-12-8-14(18)17-16(9-12)20-11-21-17/h3-9,15,19H,2,10-11H2,1H3. The number of benzene rings is 2. The predicted molar refractivity (Wildman–Crippen MR) is 86.6 cm³/mol. The van der Waals surface area contributed by atoms with E-state index in [0.29, 0.717) is 12.8 Å². The number of nitrogens with one attached hydrogen (secondary N) is 1. The first-order valence-corrected chi connectivity index (χ1v) is 7.93. The van der Waals surface area contributed by atoms with Crippen LogP contribution in [0.5, 0.6) is 11.5 Å². The Morgan fingerprint density at radius 2 is 2.00 bits per heavy atom. The van der Waals surface area contributed by atoms with Crippen LogP contribution in [0.4, 0.5) is 0 Å². The molecular formula is C17H18BrNO2. The van der Waals surface area contributed by atoms with Gasteiger partial charge < -0.3 is 14.8 Å². The van der Waals surface area contributed by atoms with E-state index in [9.17, 15) is 0 Å². The SMILES string of the molecule is CCC(NCc1cc(Br)c2c(c1)OCO2)c1ccccc1. The lowest BCUT2D eigenvalue weighted by molar-refractivity contribution is 0.173. The van der Waals surface area contributed by atoms with Crippen LogP contribution in [-0.4, -0.2) is 6.79 Å². The van der Waals surface area contributed by atoms with E-state index in [0.717, 1.165) is 28.9 Å². The molecule has 3 rings (SSSR count). The molecule has 0 fully saturated rings. The maximum atomic E-state index is 5.46. The van der Waals surface area contributed by atoms with Gasteiger partial charge in [0.1, 0.15) is 0 Å². The molecule has 110 valence electrons. The monoisotopic (exact) mass is 347 g/mol. The Morgan fingerprint density at radius 3 is 2.76 bits per heavy atom. The summed E-state index contributed by atoms with van der Waals surface area (Å²) < 4.78 is 11.8. The normalized spacial score (nSPS) is 14.2. The summed E-state index contributed by atoms with van der Waals surface area (Å²) in [6.45, 7) is 3.29. The van der Waals surface area contributed by atoms with Gasteiger partial charge in [-0.05, 0) is 45.6 Å². The molecular weight excluding hydrogens is 330 g/mol. The van der Waals surface area contributed by atoms with Crippen molar-refractivity contribution in [3.8, 4) is 11.5 Å². The van der Waals surface area contributed by atoms with Crippen molar-refractivity contribution in [1.82, 2.24) is 5.32 Å². The molecule has 1 atom stereocenters. The number of ether oxygens (including phenoxy) is 2. The minimum absolute atomic E-state index is 0.298. The third kappa shape index (κ3) is 3.22. The van der Waals surface area contributed by atoms with Crippen molar-refractivity contribution < 1.29 is 9.47 Å². The fourth-order valence-electron chi connectivity index (χ4n) is 2.55. The van der Waals surface area contributed by atoms with E-state index < -0.39 is 0 Å². The van der Waals surface area contributed by atoms with E-state index in [2.05, 4.69) is 58.5 Å². The minimum atomic E-state index is 0.298. The van der Waals surface area contributed by atoms with E-state index in [1.165, 1.54) is 11.1 Å². The zero-order chi connectivity index (χ0) is 14.7. The van der Waals surface area contributed by atoms with Crippen molar-refractivity contribution in [3.63, 3.8) is 0 Å². The lowest BCUT2D eigenvalue weighted by Crippen LogP contribution is -2.20. The first-order valence-electron chi connectivity index (χ1n) is 7.14. The van der Waals surface area contributed by atoms with E-state index in [1.807, 2.05) is 12.1 Å². The second-order valence-corrected chi connectivity index (χ2v) is 5.92. The fraction of sp³-hybridized carbons (Fsp3) is 0.294. The van der Waals surface area contributed by atoms with Crippen LogP contribution in [0.2, 0.25) is 0 Å². The van der Waals surface area contributed by atoms with Crippen molar-refractivity contribution >= 4 is 15.9 Å². The Hall–Kier alpha value is -1.52. The number of hydrogen-bond acceptors (Lipinski definition) is 3. The summed E-state index contributed by atoms with van der Waals surface area (Å²) in [6.07, 6.45) is 1.05. The molecule has 1 aliphatic rings. The highest BCUT2D eigenvalue weighted by Crippen LogP contribution is 2.40. The van der Waals surface area contributed by atoms with Gasteiger partial charge in [0.15, 0.2) is 11.5 Å². The summed E-state index contributed by atoms with van der Waals surface area (Å²) in [6, 6.07) is 15.0. The molecule has 1 N–H and O–H groups in total. The van der Waals surface area contributed by atoms with E-state index in [1.54, 1.807) is 0 Å². The van der Waals surface area contributed by atoms with E-state index in [-0.39, 0.29) is 0 Å². The van der Waals surface area contributed by atoms with Crippen LogP contribution < -0.4 is 14.8 Å². The Labute approximate surface area is 133 Å². The number of rotatable bonds is 5. The highest BCUT2D eigenvalue weighted by Gasteiger charge is 2.18. The van der Waals surface area contributed by atoms with Gasteiger partial charge in [0.05, 0.1) is 4.47 Å². The van der Waals surface area contributed by atoms with Crippen molar-refractivity contribution in [3.05, 3.63) is 58.1 Å². The molecule has 4 heteroatoms. The summed E-state index contributed by atoms with van der Waals surface area (Å²) in [4.78, 5) is 0. The van der Waals surface area contributed by atoms with Gasteiger partial charge in [-0.25, -0.2) is 0 Å². The van der Waals surface area contributed by atoms with Gasteiger partial charge in [-0.2, -0.15) is 0 Å². The van der Waals surface area contributed by atoms with Crippen LogP contribution in [0.1, 0.15) is 30.5 Å². The second-order valence-electron chi connectivity index (χ2n) is 5.06. The Morgan fingerprint density at radius 1 is 1.19 bits per heavy atom. The molecule has 0 saturated carbocycles. The van der Waals surface area contributed by atoms with Crippen molar-refractivity contribution in [1.29, 1.82) is 0 Å². The average molecular weight is 348 g/mol. The first kappa shape index (κ1) is 14.4. The van der Waals surface area contributed by atoms with Gasteiger partial charge in [-0.3, -0.25) is 0 Å². The molecule has 0 saturated heterocycles. The highest BCUT2D eigenvalue weighted by atomic mass is 79.9. The lowest BCUT2D eigenvalue weighted by Gasteiger charge is -2.17. The van der Waals surface area contributed by atoms with Gasteiger partial charge in [-0.1, -0.05) is 37.3 Å². The van der Waals surface area contributed by atoms with Crippen molar-refractivity contribution in [2.24, 2.45) is 0 Å². The molecule has 0 amide bonds. The molecule has 0 radical (unpaired) electrons. The van der Waals surface area contributed by atoms with Crippen molar-refractivity contribution in [2.45, 2.75) is 25.9 Å². The maximum Gasteiger partial charge on any atom is 0.231 e. The topological polar surface area (TPSA) is 30.5 Å². The zero-order valence-corrected chi connectivity index (χ0v) is 13.5. The molecule has 2 aromatic rings. The van der Waals surface area contributed by atoms with Gasteiger partial charge in [-0.15, -0.1) is 0 Å². The van der Waals surface area contributed by atoms with Crippen LogP contribution in [0.25, 0.3) is 0 Å². The van der Waals surface area contributed by atoms with Crippen LogP contribution in [-0.2, 0) is 6.54 Å². The molecule has 1 aliphatic heterocycles. The Kier molecular flexibility index (Phi) is 4.46. The number of hydrogen-bond donors (Lipinski definition) is 1. The number of fused-ring (bicyclic) bond motifs is 1. The van der Waals surface area contributed by atoms with E-state index in [4.69, 9.17) is 9.47 Å². The summed E-state index contributed by atoms with van der Waals surface area (Å²) >= 11 is 3.53. The van der Waals surface area contributed by atoms with Crippen LogP contribution in [0.3, 0.4) is 0 Å². The summed E-state index contributed by atoms with van der Waals surface area (Å²) in [7, 11) is 0. The quantitative estimate of drug-likeness (QED) is 0.868. The molecule has 21 heavy (non-hydrogen) atoms. The van der Waals surface area contributed by atoms with E-state index >= 15 is 0 Å². The molecule has 0 spiro atoms. The summed E-state index contributed by atoms with van der Waals surface area (Å²) in [5.74, 6) is 1.61. The summed E-state index contributed by atoms with van der Waals surface area (Å²) in [5.41, 5.74) is 2.50. The Balaban J connectivity index is 1.71. The van der Waals surface area contributed by atoms with Gasteiger partial charge in [0.25, 0.3) is 0 Å². The van der Waals surface area contributed by atoms with Gasteiger partial charge >= 0.3 is 0 Å². The largest absolute Gasteiger partial charge is 0.454 e. The molecule has 0 bridgehead atoms. The molecule has 1 unspecified atom stereocenters. The molecule has 1 heterocycles. The smallest absolute Gasteiger partial charge is 0.231 e. The lowest BCUT2D eigenvalue weighted by atomic mass is 10.0. The third-order valence-electron chi connectivity index (χ3n) is 3.65. The van der Waals surface area contributed by atoms with Crippen LogP contribution in [0, 0.1) is 0 Å². The Bertz CT molecular complexity index is 616. The van der Waals surface area contributed by atoms with Gasteiger partial charge in [0, 0.05) is 12.6 Å². The maximum absolute atomic E-state index is 5.46. The first-order chi connectivity index (χ1) is 10.3. The van der Waals surface area contributed by atoms with Crippen LogP contribution >= 0.6 is 15.9 Å². The average Bonchev–Trinajstić information content (AvgIpc) is 2.98. The molecule has 0 aromatic heterocycles. The highest BCUT2D eigenvalue weighted by molar-refractivity contribution is 9.10. The summed E-state index contributed by atoms with van der Waals surface area (Å²) in [5, 5.41) is 3.60. The molecule has 0 aliphatic carbocycles. The predicted octanol–water partition coefficient (Wildman–Crippen LogP) is 4.42. The third-order valence-corrected chi connectivity index (χ3v) is 4.24. The minimum Gasteiger partial charge on any atom is -0.454 e. The zero-order valence-electron chi connectivity index (χ0n) is 11.9. The second kappa shape index (κ2) is 6.50. The molecule has 3 nitrogen and oxygen atoms in total. The number of halogens is 1. The van der Waals surface area contributed by atoms with Gasteiger partial charge in [0.2, 0.25) is 6.79 Å².